The van der Waals surface area contributed by atoms with Crippen LogP contribution >= 0.6 is 0 Å². The number of carbonyl (C=O) groups excluding carboxylic acids is 1. The molecule has 1 fully saturated rings. The third kappa shape index (κ3) is 2.78. The van der Waals surface area contributed by atoms with Gasteiger partial charge in [-0.15, -0.1) is 0 Å². The number of fused-ring (bicyclic) bond motifs is 4. The lowest BCUT2D eigenvalue weighted by Gasteiger charge is -2.38. The van der Waals surface area contributed by atoms with Crippen molar-refractivity contribution in [2.45, 2.75) is 56.9 Å². The molecular formula is C26H26N2O. The van der Waals surface area contributed by atoms with E-state index in [0.717, 1.165) is 37.1 Å². The number of hydrogen-bond acceptors (Lipinski definition) is 2. The van der Waals surface area contributed by atoms with E-state index in [1.54, 1.807) is 0 Å². The molecule has 0 radical (unpaired) electrons. The lowest BCUT2D eigenvalue weighted by Crippen LogP contribution is -2.46. The van der Waals surface area contributed by atoms with Gasteiger partial charge >= 0.3 is 0 Å². The Hall–Kier alpha value is -2.68. The second kappa shape index (κ2) is 6.69. The predicted octanol–water partition coefficient (Wildman–Crippen LogP) is 5.46. The second-order valence-corrected chi connectivity index (χ2v) is 8.91. The summed E-state index contributed by atoms with van der Waals surface area (Å²) in [4.78, 5) is 20.0. The molecule has 0 aromatic heterocycles. The Balaban J connectivity index is 1.29. The Labute approximate surface area is 172 Å². The molecule has 3 nitrogen and oxygen atoms in total. The lowest BCUT2D eigenvalue weighted by atomic mass is 9.87. The maximum Gasteiger partial charge on any atom is 0.254 e. The molecule has 0 N–H and O–H groups in total. The molecule has 0 unspecified atom stereocenters. The van der Waals surface area contributed by atoms with Crippen molar-refractivity contribution in [1.29, 1.82) is 0 Å². The van der Waals surface area contributed by atoms with Crippen LogP contribution in [0.3, 0.4) is 0 Å². The standard InChI is InChI=1S/C26H26N2O/c29-26(21-9-10-24-20(14-21)11-12-27-24)28-13-3-6-22-23-15-18(17-4-1-2-5-17)7-8-19(23)16-25(22)28/h4,7-10,12,14-15,22,25H,1-3,5-6,11,13,16H2/t22-,25+/m1/s1. The molecule has 2 aromatic rings. The Kier molecular flexibility index (Phi) is 3.97. The fourth-order valence-electron chi connectivity index (χ4n) is 5.82. The molecule has 2 aliphatic carbocycles. The summed E-state index contributed by atoms with van der Waals surface area (Å²) in [6.45, 7) is 0.875. The molecule has 2 atom stereocenters. The number of hydrogen-bond donors (Lipinski definition) is 0. The average Bonchev–Trinajstić information content (AvgIpc) is 3.51. The van der Waals surface area contributed by atoms with Crippen LogP contribution in [0.4, 0.5) is 5.69 Å². The summed E-state index contributed by atoms with van der Waals surface area (Å²) in [5, 5.41) is 0. The number of aliphatic imine (C=N–C) groups is 1. The van der Waals surface area contributed by atoms with Gasteiger partial charge in [-0.1, -0.05) is 24.3 Å². The molecule has 2 aromatic carbocycles. The highest BCUT2D eigenvalue weighted by atomic mass is 16.2. The summed E-state index contributed by atoms with van der Waals surface area (Å²) in [6.07, 6.45) is 12.2. The van der Waals surface area contributed by atoms with Gasteiger partial charge in [0.15, 0.2) is 0 Å². The molecule has 2 heterocycles. The zero-order chi connectivity index (χ0) is 19.4. The first-order valence-corrected chi connectivity index (χ1v) is 11.1. The minimum atomic E-state index is 0.195. The van der Waals surface area contributed by atoms with Gasteiger partial charge in [0.2, 0.25) is 0 Å². The van der Waals surface area contributed by atoms with Gasteiger partial charge < -0.3 is 4.90 Å². The molecule has 0 spiro atoms. The molecule has 2 aliphatic heterocycles. The number of benzene rings is 2. The van der Waals surface area contributed by atoms with Gasteiger partial charge in [-0.2, -0.15) is 0 Å². The second-order valence-electron chi connectivity index (χ2n) is 8.91. The third-order valence-corrected chi connectivity index (χ3v) is 7.29. The van der Waals surface area contributed by atoms with Crippen LogP contribution in [-0.2, 0) is 12.8 Å². The predicted molar refractivity (Wildman–Crippen MR) is 117 cm³/mol. The molecule has 0 saturated carbocycles. The normalized spacial score (nSPS) is 24.3. The number of nitrogens with zero attached hydrogens (tertiary/aromatic N) is 2. The first-order valence-electron chi connectivity index (χ1n) is 11.1. The van der Waals surface area contributed by atoms with Crippen LogP contribution in [0.5, 0.6) is 0 Å². The van der Waals surface area contributed by atoms with Crippen molar-refractivity contribution in [3.8, 4) is 0 Å². The van der Waals surface area contributed by atoms with Gasteiger partial charge in [0, 0.05) is 36.7 Å². The summed E-state index contributed by atoms with van der Waals surface area (Å²) in [7, 11) is 0. The Morgan fingerprint density at radius 1 is 1.07 bits per heavy atom. The number of likely N-dealkylation sites (tertiary alicyclic amines) is 1. The van der Waals surface area contributed by atoms with E-state index in [1.165, 1.54) is 53.5 Å². The zero-order valence-corrected chi connectivity index (χ0v) is 16.7. The molecule has 146 valence electrons. The highest BCUT2D eigenvalue weighted by molar-refractivity contribution is 5.96. The molecule has 6 rings (SSSR count). The number of allylic oxidation sites excluding steroid dienone is 2. The molecule has 1 amide bonds. The molecule has 29 heavy (non-hydrogen) atoms. The summed E-state index contributed by atoms with van der Waals surface area (Å²) < 4.78 is 0. The van der Waals surface area contributed by atoms with Gasteiger partial charge in [-0.3, -0.25) is 9.79 Å². The molecule has 0 bridgehead atoms. The minimum Gasteiger partial charge on any atom is -0.335 e. The SMILES string of the molecule is O=C(c1ccc2c(c1)CC=N2)N1CCC[C@@H]2c3cc(C4=CCCC4)ccc3C[C@@H]21. The van der Waals surface area contributed by atoms with Crippen LogP contribution in [0.15, 0.2) is 47.5 Å². The summed E-state index contributed by atoms with van der Waals surface area (Å²) in [5.41, 5.74) is 8.88. The summed E-state index contributed by atoms with van der Waals surface area (Å²) in [5.74, 6) is 0.684. The Morgan fingerprint density at radius 2 is 2.03 bits per heavy atom. The fourth-order valence-corrected chi connectivity index (χ4v) is 5.82. The van der Waals surface area contributed by atoms with Gasteiger partial charge in [-0.05, 0) is 84.6 Å². The number of carbonyl (C=O) groups is 1. The Bertz CT molecular complexity index is 1060. The van der Waals surface area contributed by atoms with Crippen LogP contribution in [0.2, 0.25) is 0 Å². The van der Waals surface area contributed by atoms with Crippen LogP contribution in [0.1, 0.15) is 70.6 Å². The van der Waals surface area contributed by atoms with E-state index in [0.29, 0.717) is 12.0 Å². The lowest BCUT2D eigenvalue weighted by molar-refractivity contribution is 0.0595. The maximum absolute atomic E-state index is 13.4. The molecule has 1 saturated heterocycles. The largest absolute Gasteiger partial charge is 0.335 e. The van der Waals surface area contributed by atoms with Crippen LogP contribution in [0.25, 0.3) is 5.57 Å². The highest BCUT2D eigenvalue weighted by Crippen LogP contribution is 2.44. The zero-order valence-electron chi connectivity index (χ0n) is 16.7. The van der Waals surface area contributed by atoms with Gasteiger partial charge in [-0.25, -0.2) is 0 Å². The van der Waals surface area contributed by atoms with Crippen molar-refractivity contribution in [3.63, 3.8) is 0 Å². The summed E-state index contributed by atoms with van der Waals surface area (Å²) >= 11 is 0. The van der Waals surface area contributed by atoms with Crippen molar-refractivity contribution in [2.24, 2.45) is 4.99 Å². The number of amides is 1. The van der Waals surface area contributed by atoms with E-state index in [-0.39, 0.29) is 5.91 Å². The highest BCUT2D eigenvalue weighted by Gasteiger charge is 2.41. The van der Waals surface area contributed by atoms with E-state index in [1.807, 2.05) is 18.3 Å². The van der Waals surface area contributed by atoms with Crippen LogP contribution in [-0.4, -0.2) is 29.6 Å². The van der Waals surface area contributed by atoms with Crippen LogP contribution in [0, 0.1) is 0 Å². The van der Waals surface area contributed by atoms with Crippen molar-refractivity contribution in [2.75, 3.05) is 6.54 Å². The van der Waals surface area contributed by atoms with Crippen molar-refractivity contribution < 1.29 is 4.79 Å². The molecule has 3 heteroatoms. The third-order valence-electron chi connectivity index (χ3n) is 7.29. The molecular weight excluding hydrogens is 356 g/mol. The smallest absolute Gasteiger partial charge is 0.254 e. The van der Waals surface area contributed by atoms with Gasteiger partial charge in [0.25, 0.3) is 5.91 Å². The van der Waals surface area contributed by atoms with E-state index in [4.69, 9.17) is 0 Å². The van der Waals surface area contributed by atoms with Crippen molar-refractivity contribution in [1.82, 2.24) is 4.90 Å². The first kappa shape index (κ1) is 17.2. The van der Waals surface area contributed by atoms with Crippen LogP contribution < -0.4 is 0 Å². The summed E-state index contributed by atoms with van der Waals surface area (Å²) in [6, 6.07) is 13.4. The average molecular weight is 383 g/mol. The maximum atomic E-state index is 13.4. The molecule has 4 aliphatic rings. The van der Waals surface area contributed by atoms with Crippen molar-refractivity contribution >= 4 is 23.4 Å². The number of rotatable bonds is 2. The van der Waals surface area contributed by atoms with E-state index in [9.17, 15) is 4.79 Å². The van der Waals surface area contributed by atoms with Gasteiger partial charge in [0.05, 0.1) is 5.69 Å². The van der Waals surface area contributed by atoms with E-state index >= 15 is 0 Å². The minimum absolute atomic E-state index is 0.195. The Morgan fingerprint density at radius 3 is 2.93 bits per heavy atom. The quantitative estimate of drug-likeness (QED) is 0.679. The topological polar surface area (TPSA) is 32.7 Å². The monoisotopic (exact) mass is 382 g/mol. The van der Waals surface area contributed by atoms with Crippen molar-refractivity contribution in [3.05, 3.63) is 70.3 Å². The van der Waals surface area contributed by atoms with Gasteiger partial charge in [0.1, 0.15) is 0 Å². The number of piperidine rings is 1. The van der Waals surface area contributed by atoms with E-state index < -0.39 is 0 Å². The fraction of sp³-hybridized carbons (Fsp3) is 0.385. The van der Waals surface area contributed by atoms with E-state index in [2.05, 4.69) is 40.2 Å². The first-order chi connectivity index (χ1) is 14.3.